The summed E-state index contributed by atoms with van der Waals surface area (Å²) in [7, 11) is -3.99. The van der Waals surface area contributed by atoms with Crippen molar-refractivity contribution in [2.75, 3.05) is 0 Å². The Morgan fingerprint density at radius 3 is 2.19 bits per heavy atom. The van der Waals surface area contributed by atoms with E-state index in [4.69, 9.17) is 0 Å². The first-order valence-corrected chi connectivity index (χ1v) is 10.0. The van der Waals surface area contributed by atoms with E-state index in [0.717, 1.165) is 17.2 Å². The van der Waals surface area contributed by atoms with Crippen molar-refractivity contribution in [1.82, 2.24) is 0 Å². The van der Waals surface area contributed by atoms with Crippen LogP contribution in [-0.2, 0) is 16.4 Å². The molecule has 0 saturated heterocycles. The van der Waals surface area contributed by atoms with Gasteiger partial charge < -0.3 is 0 Å². The van der Waals surface area contributed by atoms with Gasteiger partial charge in [0.2, 0.25) is 0 Å². The van der Waals surface area contributed by atoms with Crippen molar-refractivity contribution in [3.8, 4) is 0 Å². The average Bonchev–Trinajstić information content (AvgIpc) is 2.58. The Kier molecular flexibility index (Phi) is 6.65. The van der Waals surface area contributed by atoms with Crippen LogP contribution in [0.25, 0.3) is 0 Å². The molecule has 0 spiro atoms. The van der Waals surface area contributed by atoms with Crippen LogP contribution < -0.4 is 0 Å². The number of sulfonamides is 1. The number of rotatable bonds is 7. The molecule has 2 rings (SSSR count). The normalized spacial score (nSPS) is 12.7. The summed E-state index contributed by atoms with van der Waals surface area (Å²) in [6, 6.07) is 15.8. The highest BCUT2D eigenvalue weighted by Gasteiger charge is 2.27. The van der Waals surface area contributed by atoms with Crippen LogP contribution in [0.2, 0.25) is 0 Å². The summed E-state index contributed by atoms with van der Waals surface area (Å²) in [5.41, 5.74) is 0.911. The Hall–Kier alpha value is -2.34. The van der Waals surface area contributed by atoms with E-state index >= 15 is 0 Å². The van der Waals surface area contributed by atoms with Gasteiger partial charge in [-0.1, -0.05) is 61.9 Å². The van der Waals surface area contributed by atoms with Gasteiger partial charge >= 0.3 is 0 Å². The first-order chi connectivity index (χ1) is 12.6. The predicted octanol–water partition coefficient (Wildman–Crippen LogP) is 5.56. The zero-order chi connectivity index (χ0) is 20.1. The monoisotopic (exact) mass is 391 g/mol. The van der Waals surface area contributed by atoms with Crippen molar-refractivity contribution >= 4 is 15.7 Å². The van der Waals surface area contributed by atoms with Gasteiger partial charge in [0.25, 0.3) is 16.1 Å². The smallest absolute Gasteiger partial charge is 0.199 e. The van der Waals surface area contributed by atoms with Gasteiger partial charge in [-0.25, -0.2) is 0 Å². The number of halogens is 2. The zero-order valence-corrected chi connectivity index (χ0v) is 16.4. The fourth-order valence-corrected chi connectivity index (χ4v) is 3.86. The lowest BCUT2D eigenvalue weighted by Crippen LogP contribution is -2.24. The number of hydrogen-bond donors (Lipinski definition) is 0. The molecule has 0 fully saturated rings. The first kappa shape index (κ1) is 21.0. The maximum atomic E-state index is 12.9. The van der Waals surface area contributed by atoms with Crippen molar-refractivity contribution in [2.24, 2.45) is 9.81 Å². The molecule has 0 atom stereocenters. The molecule has 27 heavy (non-hydrogen) atoms. The maximum Gasteiger partial charge on any atom is 0.282 e. The number of allylic oxidation sites excluding steroid dienone is 1. The summed E-state index contributed by atoms with van der Waals surface area (Å²) < 4.78 is 55.2. The summed E-state index contributed by atoms with van der Waals surface area (Å²) in [5.74, 6) is 0. The van der Waals surface area contributed by atoms with Crippen molar-refractivity contribution in [3.05, 3.63) is 77.9 Å². The third-order valence-corrected chi connectivity index (χ3v) is 5.58. The van der Waals surface area contributed by atoms with Gasteiger partial charge in [0, 0.05) is 11.1 Å². The molecule has 0 N–H and O–H groups in total. The molecule has 3 nitrogen and oxygen atoms in total. The van der Waals surface area contributed by atoms with Gasteiger partial charge in [-0.2, -0.15) is 21.6 Å². The lowest BCUT2D eigenvalue weighted by Gasteiger charge is -2.22. The molecular weight excluding hydrogens is 368 g/mol. The van der Waals surface area contributed by atoms with E-state index in [2.05, 4.69) is 4.40 Å². The van der Waals surface area contributed by atoms with Crippen LogP contribution >= 0.6 is 0 Å². The highest BCUT2D eigenvalue weighted by molar-refractivity contribution is 7.90. The summed E-state index contributed by atoms with van der Waals surface area (Å²) in [5, 5.41) is 0. The molecule has 0 bridgehead atoms. The van der Waals surface area contributed by atoms with Crippen LogP contribution in [0.15, 0.2) is 76.0 Å². The van der Waals surface area contributed by atoms with Gasteiger partial charge in [0.15, 0.2) is 0 Å². The molecule has 0 aliphatic carbocycles. The summed E-state index contributed by atoms with van der Waals surface area (Å²) in [6.07, 6.45) is -0.345. The van der Waals surface area contributed by atoms with Crippen LogP contribution in [-0.4, -0.2) is 14.1 Å². The Balaban J connectivity index is 2.42. The second-order valence-electron chi connectivity index (χ2n) is 6.97. The predicted molar refractivity (Wildman–Crippen MR) is 105 cm³/mol. The van der Waals surface area contributed by atoms with E-state index in [9.17, 15) is 17.2 Å². The standard InChI is InChI=1S/C21H23F2NO2S/c1-16-9-12-18(13-10-16)27(25,26)24-19(21(2,3)15-20(22)23)14-11-17-7-5-4-6-8-17/h4-10,12-13,15H,11,14H2,1-3H3/b24-19+. The highest BCUT2D eigenvalue weighted by atomic mass is 32.2. The molecule has 2 aromatic rings. The molecule has 0 radical (unpaired) electrons. The van der Waals surface area contributed by atoms with Gasteiger partial charge in [-0.05, 0) is 43.5 Å². The van der Waals surface area contributed by atoms with Crippen LogP contribution in [0.4, 0.5) is 8.78 Å². The summed E-state index contributed by atoms with van der Waals surface area (Å²) in [6.45, 7) is 4.93. The fraction of sp³-hybridized carbons (Fsp3) is 0.286. The number of nitrogens with zero attached hydrogens (tertiary/aromatic N) is 1. The van der Waals surface area contributed by atoms with Gasteiger partial charge in [-0.3, -0.25) is 0 Å². The van der Waals surface area contributed by atoms with Crippen molar-refractivity contribution in [3.63, 3.8) is 0 Å². The molecule has 0 aliphatic rings. The highest BCUT2D eigenvalue weighted by Crippen LogP contribution is 2.28. The van der Waals surface area contributed by atoms with E-state index in [1.807, 2.05) is 37.3 Å². The Morgan fingerprint density at radius 1 is 1.04 bits per heavy atom. The minimum atomic E-state index is -3.99. The number of aryl methyl sites for hydroxylation is 2. The molecule has 0 heterocycles. The van der Waals surface area contributed by atoms with Gasteiger partial charge in [-0.15, -0.1) is 0 Å². The third-order valence-electron chi connectivity index (χ3n) is 4.26. The summed E-state index contributed by atoms with van der Waals surface area (Å²) in [4.78, 5) is 0.0470. The summed E-state index contributed by atoms with van der Waals surface area (Å²) >= 11 is 0. The number of hydrogen-bond acceptors (Lipinski definition) is 2. The molecule has 0 aliphatic heterocycles. The Labute approximate surface area is 159 Å². The third kappa shape index (κ3) is 6.10. The Bertz CT molecular complexity index is 928. The van der Waals surface area contributed by atoms with Crippen molar-refractivity contribution < 1.29 is 17.2 Å². The number of benzene rings is 2. The average molecular weight is 391 g/mol. The second-order valence-corrected chi connectivity index (χ2v) is 8.57. The quantitative estimate of drug-likeness (QED) is 0.580. The van der Waals surface area contributed by atoms with Gasteiger partial charge in [0.05, 0.1) is 4.90 Å². The molecular formula is C21H23F2NO2S. The maximum absolute atomic E-state index is 12.9. The van der Waals surface area contributed by atoms with E-state index in [1.54, 1.807) is 26.0 Å². The molecule has 0 aromatic heterocycles. The van der Waals surface area contributed by atoms with Crippen LogP contribution in [0, 0.1) is 12.3 Å². The van der Waals surface area contributed by atoms with E-state index in [0.29, 0.717) is 6.42 Å². The van der Waals surface area contributed by atoms with Gasteiger partial charge in [0.1, 0.15) is 0 Å². The second kappa shape index (κ2) is 8.57. The van der Waals surface area contributed by atoms with Crippen LogP contribution in [0.1, 0.15) is 31.4 Å². The SMILES string of the molecule is Cc1ccc(S(=O)(=O)/N=C(\CCc2ccccc2)C(C)(C)C=C(F)F)cc1. The lowest BCUT2D eigenvalue weighted by atomic mass is 9.84. The van der Waals surface area contributed by atoms with E-state index < -0.39 is 21.5 Å². The topological polar surface area (TPSA) is 46.5 Å². The van der Waals surface area contributed by atoms with E-state index in [1.165, 1.54) is 12.1 Å². The van der Waals surface area contributed by atoms with Crippen LogP contribution in [0.5, 0.6) is 0 Å². The lowest BCUT2D eigenvalue weighted by molar-refractivity contribution is 0.405. The molecule has 0 unspecified atom stereocenters. The van der Waals surface area contributed by atoms with E-state index in [-0.39, 0.29) is 17.0 Å². The zero-order valence-electron chi connectivity index (χ0n) is 15.6. The van der Waals surface area contributed by atoms with Crippen molar-refractivity contribution in [1.29, 1.82) is 0 Å². The molecule has 2 aromatic carbocycles. The molecule has 6 heteroatoms. The van der Waals surface area contributed by atoms with Crippen LogP contribution in [0.3, 0.4) is 0 Å². The minimum Gasteiger partial charge on any atom is -0.199 e. The first-order valence-electron chi connectivity index (χ1n) is 8.59. The molecule has 0 saturated carbocycles. The minimum absolute atomic E-state index is 0.0470. The largest absolute Gasteiger partial charge is 0.282 e. The molecule has 0 amide bonds. The van der Waals surface area contributed by atoms with Crippen molar-refractivity contribution in [2.45, 2.75) is 38.5 Å². The fourth-order valence-electron chi connectivity index (χ4n) is 2.66. The Morgan fingerprint density at radius 2 is 1.63 bits per heavy atom. The molecule has 144 valence electrons.